The maximum atomic E-state index is 11.6. The fraction of sp³-hybridized carbons (Fsp3) is 0.562. The van der Waals surface area contributed by atoms with Gasteiger partial charge in [-0.2, -0.15) is 0 Å². The number of carbonyl (C=O) groups excluding carboxylic acids is 1. The molecule has 0 saturated carbocycles. The third-order valence-electron chi connectivity index (χ3n) is 3.87. The minimum Gasteiger partial charge on any atom is -0.465 e. The monoisotopic (exact) mass is 344 g/mol. The first-order valence-corrected chi connectivity index (χ1v) is 8.44. The molecule has 22 heavy (non-hydrogen) atoms. The van der Waals surface area contributed by atoms with E-state index in [-0.39, 0.29) is 0 Å². The van der Waals surface area contributed by atoms with Gasteiger partial charge < -0.3 is 15.4 Å². The van der Waals surface area contributed by atoms with Crippen molar-refractivity contribution in [2.24, 2.45) is 5.73 Å². The van der Waals surface area contributed by atoms with Crippen LogP contribution < -0.4 is 10.6 Å². The van der Waals surface area contributed by atoms with Crippen LogP contribution in [0.2, 0.25) is 10.0 Å². The molecule has 1 aromatic rings. The van der Waals surface area contributed by atoms with Crippen molar-refractivity contribution in [1.29, 1.82) is 0 Å². The van der Waals surface area contributed by atoms with E-state index in [0.717, 1.165) is 24.3 Å². The SMILES string of the molecule is CCOC(=O)C(N)Cc1ccc(N2CCCCC2)c(Cl)c1Cl. The fourth-order valence-corrected chi connectivity index (χ4v) is 3.23. The summed E-state index contributed by atoms with van der Waals surface area (Å²) in [4.78, 5) is 13.9. The Morgan fingerprint density at radius 3 is 2.59 bits per heavy atom. The van der Waals surface area contributed by atoms with Gasteiger partial charge in [0.15, 0.2) is 0 Å². The van der Waals surface area contributed by atoms with Gasteiger partial charge >= 0.3 is 5.97 Å². The van der Waals surface area contributed by atoms with Crippen LogP contribution >= 0.6 is 23.2 Å². The number of piperidine rings is 1. The van der Waals surface area contributed by atoms with E-state index in [1.165, 1.54) is 19.3 Å². The smallest absolute Gasteiger partial charge is 0.323 e. The molecule has 1 aliphatic rings. The van der Waals surface area contributed by atoms with Crippen molar-refractivity contribution in [3.8, 4) is 0 Å². The van der Waals surface area contributed by atoms with Crippen LogP contribution in [0.5, 0.6) is 0 Å². The molecule has 0 radical (unpaired) electrons. The zero-order chi connectivity index (χ0) is 16.1. The van der Waals surface area contributed by atoms with Gasteiger partial charge in [0.1, 0.15) is 6.04 Å². The molecule has 0 aliphatic carbocycles. The first-order valence-electron chi connectivity index (χ1n) is 7.68. The maximum Gasteiger partial charge on any atom is 0.323 e. The van der Waals surface area contributed by atoms with Crippen LogP contribution in [-0.4, -0.2) is 31.7 Å². The summed E-state index contributed by atoms with van der Waals surface area (Å²) in [5, 5.41) is 1.02. The molecule has 1 heterocycles. The van der Waals surface area contributed by atoms with Gasteiger partial charge in [0.25, 0.3) is 0 Å². The average Bonchev–Trinajstić information content (AvgIpc) is 2.53. The van der Waals surface area contributed by atoms with Crippen molar-refractivity contribution in [2.75, 3.05) is 24.6 Å². The van der Waals surface area contributed by atoms with Gasteiger partial charge in [-0.25, -0.2) is 0 Å². The molecule has 2 N–H and O–H groups in total. The summed E-state index contributed by atoms with van der Waals surface area (Å²) < 4.78 is 4.92. The van der Waals surface area contributed by atoms with Crippen LogP contribution in [-0.2, 0) is 16.0 Å². The zero-order valence-electron chi connectivity index (χ0n) is 12.8. The van der Waals surface area contributed by atoms with E-state index < -0.39 is 12.0 Å². The second-order valence-electron chi connectivity index (χ2n) is 5.48. The summed E-state index contributed by atoms with van der Waals surface area (Å²) in [5.41, 5.74) is 7.58. The lowest BCUT2D eigenvalue weighted by molar-refractivity contribution is -0.144. The number of anilines is 1. The zero-order valence-corrected chi connectivity index (χ0v) is 14.3. The van der Waals surface area contributed by atoms with E-state index in [9.17, 15) is 4.79 Å². The summed E-state index contributed by atoms with van der Waals surface area (Å²) in [6.45, 7) is 4.06. The summed E-state index contributed by atoms with van der Waals surface area (Å²) in [7, 11) is 0. The molecular formula is C16H22Cl2N2O2. The standard InChI is InChI=1S/C16H22Cl2N2O2/c1-2-22-16(21)12(19)10-11-6-7-13(15(18)14(11)17)20-8-4-3-5-9-20/h6-7,12H,2-5,8-10,19H2,1H3. The topological polar surface area (TPSA) is 55.6 Å². The molecule has 2 rings (SSSR count). The first kappa shape index (κ1) is 17.4. The van der Waals surface area contributed by atoms with E-state index >= 15 is 0 Å². The van der Waals surface area contributed by atoms with Crippen LogP contribution in [0.25, 0.3) is 0 Å². The van der Waals surface area contributed by atoms with E-state index in [0.29, 0.717) is 23.1 Å². The maximum absolute atomic E-state index is 11.6. The highest BCUT2D eigenvalue weighted by Gasteiger charge is 2.21. The molecule has 0 spiro atoms. The van der Waals surface area contributed by atoms with E-state index in [2.05, 4.69) is 4.90 Å². The number of hydrogen-bond acceptors (Lipinski definition) is 4. The Hall–Kier alpha value is -0.970. The molecule has 1 atom stereocenters. The molecule has 0 aromatic heterocycles. The van der Waals surface area contributed by atoms with Gasteiger partial charge in [-0.1, -0.05) is 29.3 Å². The summed E-state index contributed by atoms with van der Waals surface area (Å²) in [6.07, 6.45) is 3.92. The van der Waals surface area contributed by atoms with Crippen LogP contribution in [0.3, 0.4) is 0 Å². The highest BCUT2D eigenvalue weighted by Crippen LogP contribution is 2.36. The second kappa shape index (κ2) is 8.04. The summed E-state index contributed by atoms with van der Waals surface area (Å²) in [6, 6.07) is 3.14. The number of nitrogens with zero attached hydrogens (tertiary/aromatic N) is 1. The molecule has 6 heteroatoms. The van der Waals surface area contributed by atoms with Crippen molar-refractivity contribution < 1.29 is 9.53 Å². The van der Waals surface area contributed by atoms with Crippen LogP contribution in [0.1, 0.15) is 31.7 Å². The fourth-order valence-electron chi connectivity index (χ4n) is 2.69. The van der Waals surface area contributed by atoms with Crippen LogP contribution in [0, 0.1) is 0 Å². The van der Waals surface area contributed by atoms with Gasteiger partial charge in [-0.15, -0.1) is 0 Å². The van der Waals surface area contributed by atoms with E-state index in [1.807, 2.05) is 12.1 Å². The quantitative estimate of drug-likeness (QED) is 0.831. The Labute approximate surface area is 141 Å². The average molecular weight is 345 g/mol. The second-order valence-corrected chi connectivity index (χ2v) is 6.24. The largest absolute Gasteiger partial charge is 0.465 e. The molecule has 0 bridgehead atoms. The van der Waals surface area contributed by atoms with Crippen LogP contribution in [0.4, 0.5) is 5.69 Å². The predicted molar refractivity (Wildman–Crippen MR) is 90.8 cm³/mol. The van der Waals surface area contributed by atoms with Crippen molar-refractivity contribution in [2.45, 2.75) is 38.6 Å². The van der Waals surface area contributed by atoms with Gasteiger partial charge in [0.2, 0.25) is 0 Å². The van der Waals surface area contributed by atoms with Gasteiger partial charge in [-0.3, -0.25) is 4.79 Å². The first-order chi connectivity index (χ1) is 10.5. The molecule has 4 nitrogen and oxygen atoms in total. The third-order valence-corrected chi connectivity index (χ3v) is 4.78. The molecule has 1 aliphatic heterocycles. The van der Waals surface area contributed by atoms with Gasteiger partial charge in [-0.05, 0) is 44.2 Å². The van der Waals surface area contributed by atoms with Crippen molar-refractivity contribution >= 4 is 34.9 Å². The molecular weight excluding hydrogens is 323 g/mol. The normalized spacial score (nSPS) is 16.5. The molecule has 1 aromatic carbocycles. The van der Waals surface area contributed by atoms with Crippen molar-refractivity contribution in [3.63, 3.8) is 0 Å². The third kappa shape index (κ3) is 4.06. The molecule has 1 unspecified atom stereocenters. The highest BCUT2D eigenvalue weighted by atomic mass is 35.5. The minimum absolute atomic E-state index is 0.314. The van der Waals surface area contributed by atoms with Crippen LogP contribution in [0.15, 0.2) is 12.1 Å². The summed E-state index contributed by atoms with van der Waals surface area (Å²) in [5.74, 6) is -0.421. The number of halogens is 2. The lowest BCUT2D eigenvalue weighted by Crippen LogP contribution is -2.34. The predicted octanol–water partition coefficient (Wildman–Crippen LogP) is 3.42. The number of hydrogen-bond donors (Lipinski definition) is 1. The van der Waals surface area contributed by atoms with Crippen molar-refractivity contribution in [1.82, 2.24) is 0 Å². The number of ether oxygens (including phenoxy) is 1. The van der Waals surface area contributed by atoms with Gasteiger partial charge in [0.05, 0.1) is 22.3 Å². The van der Waals surface area contributed by atoms with Gasteiger partial charge in [0, 0.05) is 13.1 Å². The number of benzene rings is 1. The molecule has 122 valence electrons. The highest BCUT2D eigenvalue weighted by molar-refractivity contribution is 6.44. The Bertz CT molecular complexity index is 531. The lowest BCUT2D eigenvalue weighted by Gasteiger charge is -2.30. The Kier molecular flexibility index (Phi) is 6.36. The Morgan fingerprint density at radius 2 is 1.95 bits per heavy atom. The molecule has 1 saturated heterocycles. The molecule has 0 amide bonds. The number of nitrogens with two attached hydrogens (primary N) is 1. The van der Waals surface area contributed by atoms with E-state index in [1.54, 1.807) is 6.92 Å². The minimum atomic E-state index is -0.727. The molecule has 1 fully saturated rings. The lowest BCUT2D eigenvalue weighted by atomic mass is 10.0. The Balaban J connectivity index is 2.14. The van der Waals surface area contributed by atoms with Crippen molar-refractivity contribution in [3.05, 3.63) is 27.7 Å². The Morgan fingerprint density at radius 1 is 1.27 bits per heavy atom. The van der Waals surface area contributed by atoms with E-state index in [4.69, 9.17) is 33.7 Å². The number of carbonyl (C=O) groups is 1. The number of esters is 1. The summed E-state index contributed by atoms with van der Waals surface area (Å²) >= 11 is 12.8. The number of rotatable bonds is 5.